The molecule has 1 N–H and O–H groups in total. The Labute approximate surface area is 122 Å². The van der Waals surface area contributed by atoms with Gasteiger partial charge < -0.3 is 14.7 Å². The molecule has 0 bridgehead atoms. The van der Waals surface area contributed by atoms with Crippen LogP contribution in [-0.4, -0.2) is 18.0 Å². The van der Waals surface area contributed by atoms with E-state index in [0.29, 0.717) is 30.3 Å². The van der Waals surface area contributed by atoms with Crippen molar-refractivity contribution in [3.05, 3.63) is 59.4 Å². The highest BCUT2D eigenvalue weighted by molar-refractivity contribution is 5.80. The van der Waals surface area contributed by atoms with Crippen molar-refractivity contribution in [1.82, 2.24) is 0 Å². The van der Waals surface area contributed by atoms with E-state index in [1.54, 1.807) is 30.3 Å². The first kappa shape index (κ1) is 14.8. The van der Waals surface area contributed by atoms with Gasteiger partial charge in [0.1, 0.15) is 12.4 Å². The van der Waals surface area contributed by atoms with Gasteiger partial charge in [0.05, 0.1) is 12.8 Å². The largest absolute Gasteiger partial charge is 0.490 e. The second-order valence-corrected chi connectivity index (χ2v) is 4.30. The summed E-state index contributed by atoms with van der Waals surface area (Å²) in [6.45, 7) is 2.68. The van der Waals surface area contributed by atoms with Gasteiger partial charge in [-0.2, -0.15) is 0 Å². The molecule has 0 aliphatic carbocycles. The summed E-state index contributed by atoms with van der Waals surface area (Å²) in [5.41, 5.74) is 1.56. The third kappa shape index (κ3) is 4.21. The quantitative estimate of drug-likeness (QED) is 0.502. The first-order valence-corrected chi connectivity index (χ1v) is 6.54. The predicted octanol–water partition coefficient (Wildman–Crippen LogP) is 3.61. The Morgan fingerprint density at radius 3 is 2.52 bits per heavy atom. The molecular formula is C16H16FNO3. The minimum atomic E-state index is -0.276. The van der Waals surface area contributed by atoms with E-state index in [-0.39, 0.29) is 5.82 Å². The Hall–Kier alpha value is -2.56. The molecule has 2 aromatic carbocycles. The van der Waals surface area contributed by atoms with Gasteiger partial charge in [-0.25, -0.2) is 4.39 Å². The maximum atomic E-state index is 12.8. The van der Waals surface area contributed by atoms with Gasteiger partial charge in [-0.1, -0.05) is 17.3 Å². The standard InChI is InChI=1S/C16H16FNO3/c1-2-20-16-9-13(10-18-19)5-8-15(16)21-11-12-3-6-14(17)7-4-12/h3-10,19H,2,11H2,1H3. The summed E-state index contributed by atoms with van der Waals surface area (Å²) in [5.74, 6) is 0.870. The average Bonchev–Trinajstić information content (AvgIpc) is 2.49. The summed E-state index contributed by atoms with van der Waals surface area (Å²) in [6, 6.07) is 11.3. The van der Waals surface area contributed by atoms with Gasteiger partial charge in [-0.15, -0.1) is 0 Å². The molecule has 21 heavy (non-hydrogen) atoms. The average molecular weight is 289 g/mol. The van der Waals surface area contributed by atoms with Gasteiger partial charge in [0.25, 0.3) is 0 Å². The smallest absolute Gasteiger partial charge is 0.161 e. The minimum Gasteiger partial charge on any atom is -0.490 e. The van der Waals surface area contributed by atoms with Crippen LogP contribution >= 0.6 is 0 Å². The summed E-state index contributed by atoms with van der Waals surface area (Å²) < 4.78 is 24.0. The van der Waals surface area contributed by atoms with Crippen LogP contribution in [0, 0.1) is 5.82 Å². The van der Waals surface area contributed by atoms with Crippen LogP contribution in [0.15, 0.2) is 47.6 Å². The first-order chi connectivity index (χ1) is 10.2. The number of halogens is 1. The summed E-state index contributed by atoms with van der Waals surface area (Å²) in [7, 11) is 0. The van der Waals surface area contributed by atoms with Gasteiger partial charge in [0.15, 0.2) is 11.5 Å². The normalized spacial score (nSPS) is 10.8. The molecule has 5 heteroatoms. The number of hydrogen-bond acceptors (Lipinski definition) is 4. The molecule has 2 rings (SSSR count). The monoisotopic (exact) mass is 289 g/mol. The number of ether oxygens (including phenoxy) is 2. The van der Waals surface area contributed by atoms with Crippen LogP contribution in [0.2, 0.25) is 0 Å². The third-order valence-corrected chi connectivity index (χ3v) is 2.78. The van der Waals surface area contributed by atoms with E-state index in [4.69, 9.17) is 14.7 Å². The van der Waals surface area contributed by atoms with E-state index in [0.717, 1.165) is 5.56 Å². The van der Waals surface area contributed by atoms with Crippen LogP contribution in [-0.2, 0) is 6.61 Å². The Bertz CT molecular complexity index is 611. The fraction of sp³-hybridized carbons (Fsp3) is 0.188. The molecule has 0 fully saturated rings. The van der Waals surface area contributed by atoms with Gasteiger partial charge in [0.2, 0.25) is 0 Å². The molecule has 0 unspecified atom stereocenters. The zero-order valence-electron chi connectivity index (χ0n) is 11.6. The van der Waals surface area contributed by atoms with E-state index >= 15 is 0 Å². The van der Waals surface area contributed by atoms with Gasteiger partial charge in [-0.05, 0) is 42.8 Å². The Morgan fingerprint density at radius 2 is 1.86 bits per heavy atom. The maximum absolute atomic E-state index is 12.8. The van der Waals surface area contributed by atoms with Crippen molar-refractivity contribution in [2.45, 2.75) is 13.5 Å². The number of rotatable bonds is 6. The summed E-state index contributed by atoms with van der Waals surface area (Å²) in [4.78, 5) is 0. The molecule has 0 amide bonds. The van der Waals surface area contributed by atoms with Crippen LogP contribution in [0.3, 0.4) is 0 Å². The lowest BCUT2D eigenvalue weighted by Crippen LogP contribution is -2.00. The fourth-order valence-electron chi connectivity index (χ4n) is 1.80. The van der Waals surface area contributed by atoms with Crippen molar-refractivity contribution >= 4 is 6.21 Å². The molecule has 0 saturated heterocycles. The van der Waals surface area contributed by atoms with E-state index in [1.807, 2.05) is 6.92 Å². The Kier molecular flexibility index (Phi) is 5.15. The van der Waals surface area contributed by atoms with Crippen LogP contribution < -0.4 is 9.47 Å². The van der Waals surface area contributed by atoms with Crippen molar-refractivity contribution < 1.29 is 19.1 Å². The molecule has 0 radical (unpaired) electrons. The van der Waals surface area contributed by atoms with E-state index in [9.17, 15) is 4.39 Å². The van der Waals surface area contributed by atoms with Gasteiger partial charge in [-0.3, -0.25) is 0 Å². The first-order valence-electron chi connectivity index (χ1n) is 6.54. The zero-order valence-corrected chi connectivity index (χ0v) is 11.6. The van der Waals surface area contributed by atoms with Crippen molar-refractivity contribution in [3.8, 4) is 11.5 Å². The van der Waals surface area contributed by atoms with E-state index in [2.05, 4.69) is 5.16 Å². The molecule has 0 aliphatic rings. The van der Waals surface area contributed by atoms with Crippen LogP contribution in [0.25, 0.3) is 0 Å². The molecule has 0 spiro atoms. The molecule has 0 saturated carbocycles. The second kappa shape index (κ2) is 7.28. The summed E-state index contributed by atoms with van der Waals surface area (Å²) in [5, 5.41) is 11.5. The lowest BCUT2D eigenvalue weighted by molar-refractivity contribution is 0.269. The predicted molar refractivity (Wildman–Crippen MR) is 77.7 cm³/mol. The zero-order chi connectivity index (χ0) is 15.1. The van der Waals surface area contributed by atoms with Crippen LogP contribution in [0.4, 0.5) is 4.39 Å². The van der Waals surface area contributed by atoms with Gasteiger partial charge >= 0.3 is 0 Å². The van der Waals surface area contributed by atoms with Crippen LogP contribution in [0.1, 0.15) is 18.1 Å². The van der Waals surface area contributed by atoms with E-state index < -0.39 is 0 Å². The molecular weight excluding hydrogens is 273 g/mol. The molecule has 0 aromatic heterocycles. The number of nitrogens with zero attached hydrogens (tertiary/aromatic N) is 1. The van der Waals surface area contributed by atoms with Crippen molar-refractivity contribution in [1.29, 1.82) is 0 Å². The molecule has 2 aromatic rings. The lowest BCUT2D eigenvalue weighted by atomic mass is 10.2. The number of oxime groups is 1. The fourth-order valence-corrected chi connectivity index (χ4v) is 1.80. The second-order valence-electron chi connectivity index (χ2n) is 4.30. The molecule has 110 valence electrons. The topological polar surface area (TPSA) is 51.0 Å². The highest BCUT2D eigenvalue weighted by atomic mass is 19.1. The highest BCUT2D eigenvalue weighted by Gasteiger charge is 2.06. The molecule has 0 heterocycles. The van der Waals surface area contributed by atoms with Crippen LogP contribution in [0.5, 0.6) is 11.5 Å². The summed E-state index contributed by atoms with van der Waals surface area (Å²) in [6.07, 6.45) is 1.31. The van der Waals surface area contributed by atoms with Gasteiger partial charge in [0, 0.05) is 5.56 Å². The third-order valence-electron chi connectivity index (χ3n) is 2.78. The van der Waals surface area contributed by atoms with Crippen molar-refractivity contribution in [3.63, 3.8) is 0 Å². The minimum absolute atomic E-state index is 0.276. The number of benzene rings is 2. The Morgan fingerprint density at radius 1 is 1.10 bits per heavy atom. The molecule has 4 nitrogen and oxygen atoms in total. The lowest BCUT2D eigenvalue weighted by Gasteiger charge is -2.12. The van der Waals surface area contributed by atoms with Crippen molar-refractivity contribution in [2.75, 3.05) is 6.61 Å². The maximum Gasteiger partial charge on any atom is 0.161 e. The molecule has 0 atom stereocenters. The summed E-state index contributed by atoms with van der Waals surface area (Å²) >= 11 is 0. The Balaban J connectivity index is 2.12. The highest BCUT2D eigenvalue weighted by Crippen LogP contribution is 2.28. The van der Waals surface area contributed by atoms with Crippen molar-refractivity contribution in [2.24, 2.45) is 5.16 Å². The SMILES string of the molecule is CCOc1cc(C=NO)ccc1OCc1ccc(F)cc1. The van der Waals surface area contributed by atoms with E-state index in [1.165, 1.54) is 18.3 Å². The molecule has 0 aliphatic heterocycles. The number of hydrogen-bond donors (Lipinski definition) is 1.